The molecule has 7 aromatic rings. The van der Waals surface area contributed by atoms with E-state index in [1.807, 2.05) is 42.7 Å². The number of aryl methyl sites for hydroxylation is 2. The van der Waals surface area contributed by atoms with E-state index in [2.05, 4.69) is 136 Å². The minimum Gasteiger partial charge on any atom is -0.500 e. The molecule has 47 heavy (non-hydrogen) atoms. The smallest absolute Gasteiger partial charge is 0.120 e. The van der Waals surface area contributed by atoms with Crippen LogP contribution in [0.25, 0.3) is 44.5 Å². The Bertz CT molecular complexity index is 2090. The Morgan fingerprint density at radius 3 is 2.15 bits per heavy atom. The second-order valence-electron chi connectivity index (χ2n) is 13.0. The normalized spacial score (nSPS) is 11.3. The number of para-hydroxylation sites is 1. The summed E-state index contributed by atoms with van der Waals surface area (Å²) >= 11 is 0. The van der Waals surface area contributed by atoms with E-state index in [-0.39, 0.29) is 25.5 Å². The standard InChI is InChI=1S/C26H20NO.C17H20N.Ir/c1-26(2,19-8-4-3-5-9-19)20-14-15-27-23(17-20)18-12-13-25-22(16-18)21-10-6-7-11-24(21)28-25;1-12(2)9-16-11-18-17(10-14(16)4)15-7-5-13(3)6-8-15;/h3-11,13-17H,1-2H3;5-7,10-12H,9H2,1-4H3;/q2*-1;. The molecule has 0 bridgehead atoms. The predicted molar refractivity (Wildman–Crippen MR) is 191 cm³/mol. The van der Waals surface area contributed by atoms with Gasteiger partial charge in [0.2, 0.25) is 0 Å². The summed E-state index contributed by atoms with van der Waals surface area (Å²) in [6, 6.07) is 42.0. The van der Waals surface area contributed by atoms with Crippen LogP contribution in [0.4, 0.5) is 0 Å². The molecular formula is C43H40IrN2O-2. The zero-order valence-corrected chi connectivity index (χ0v) is 30.3. The third-order valence-electron chi connectivity index (χ3n) is 8.65. The van der Waals surface area contributed by atoms with E-state index in [0.717, 1.165) is 50.9 Å². The fourth-order valence-corrected chi connectivity index (χ4v) is 5.85. The molecule has 0 amide bonds. The van der Waals surface area contributed by atoms with Crippen LogP contribution >= 0.6 is 0 Å². The SMILES string of the molecule is CC(C)(c1ccccc1)c1ccnc(-c2[c-]cc3oc4ccccc4c3c2)c1.Cc1c[c-]c(-c2cc(C)c(CC(C)C)cn2)cc1.[Ir]. The molecule has 4 aromatic carbocycles. The van der Waals surface area contributed by atoms with Gasteiger partial charge in [0, 0.05) is 43.3 Å². The van der Waals surface area contributed by atoms with Gasteiger partial charge in [0.05, 0.1) is 5.58 Å². The molecule has 239 valence electrons. The molecule has 0 N–H and O–H groups in total. The second kappa shape index (κ2) is 14.6. The molecule has 7 rings (SSSR count). The molecule has 0 aliphatic heterocycles. The number of pyridine rings is 2. The van der Waals surface area contributed by atoms with Gasteiger partial charge in [-0.15, -0.1) is 59.2 Å². The summed E-state index contributed by atoms with van der Waals surface area (Å²) in [4.78, 5) is 9.19. The minimum absolute atomic E-state index is 0. The number of furan rings is 1. The molecule has 3 heterocycles. The van der Waals surface area contributed by atoms with Crippen LogP contribution in [0.5, 0.6) is 0 Å². The van der Waals surface area contributed by atoms with Crippen molar-refractivity contribution >= 4 is 21.9 Å². The maximum absolute atomic E-state index is 5.93. The monoisotopic (exact) mass is 793 g/mol. The summed E-state index contributed by atoms with van der Waals surface area (Å²) in [6.07, 6.45) is 5.00. The fourth-order valence-electron chi connectivity index (χ4n) is 5.85. The largest absolute Gasteiger partial charge is 0.500 e. The van der Waals surface area contributed by atoms with E-state index < -0.39 is 0 Å². The Morgan fingerprint density at radius 2 is 1.43 bits per heavy atom. The van der Waals surface area contributed by atoms with E-state index >= 15 is 0 Å². The minimum atomic E-state index is -0.106. The summed E-state index contributed by atoms with van der Waals surface area (Å²) in [5, 5.41) is 2.22. The van der Waals surface area contributed by atoms with Crippen LogP contribution in [0, 0.1) is 31.9 Å². The summed E-state index contributed by atoms with van der Waals surface area (Å²) in [7, 11) is 0. The van der Waals surface area contributed by atoms with Gasteiger partial charge in [-0.1, -0.05) is 106 Å². The molecule has 0 unspecified atom stereocenters. The zero-order chi connectivity index (χ0) is 32.3. The van der Waals surface area contributed by atoms with Crippen molar-refractivity contribution in [3.05, 3.63) is 155 Å². The molecule has 0 aliphatic rings. The average molecular weight is 793 g/mol. The molecule has 4 heteroatoms. The van der Waals surface area contributed by atoms with Crippen molar-refractivity contribution in [3.63, 3.8) is 0 Å². The number of fused-ring (bicyclic) bond motifs is 3. The number of rotatable bonds is 6. The van der Waals surface area contributed by atoms with Crippen LogP contribution < -0.4 is 0 Å². The van der Waals surface area contributed by atoms with Crippen LogP contribution in [-0.2, 0) is 31.9 Å². The van der Waals surface area contributed by atoms with E-state index in [1.165, 1.54) is 27.8 Å². The Balaban J connectivity index is 0.000000199. The van der Waals surface area contributed by atoms with Crippen molar-refractivity contribution in [1.29, 1.82) is 0 Å². The summed E-state index contributed by atoms with van der Waals surface area (Å²) in [6.45, 7) is 13.2. The first-order valence-corrected chi connectivity index (χ1v) is 16.0. The van der Waals surface area contributed by atoms with Gasteiger partial charge in [-0.2, -0.15) is 0 Å². The van der Waals surface area contributed by atoms with Crippen molar-refractivity contribution in [2.75, 3.05) is 0 Å². The van der Waals surface area contributed by atoms with Crippen molar-refractivity contribution < 1.29 is 24.5 Å². The van der Waals surface area contributed by atoms with Gasteiger partial charge in [0.25, 0.3) is 0 Å². The number of benzene rings is 4. The Kier molecular flexibility index (Phi) is 10.5. The van der Waals surface area contributed by atoms with Gasteiger partial charge in [-0.3, -0.25) is 0 Å². The van der Waals surface area contributed by atoms with Gasteiger partial charge in [0.15, 0.2) is 0 Å². The Labute approximate surface area is 292 Å². The second-order valence-corrected chi connectivity index (χ2v) is 13.0. The number of aromatic nitrogens is 2. The Morgan fingerprint density at radius 1 is 0.702 bits per heavy atom. The fraction of sp³-hybridized carbons (Fsp3) is 0.209. The van der Waals surface area contributed by atoms with Gasteiger partial charge in [-0.25, -0.2) is 0 Å². The van der Waals surface area contributed by atoms with Gasteiger partial charge < -0.3 is 14.4 Å². The van der Waals surface area contributed by atoms with E-state index in [4.69, 9.17) is 4.42 Å². The molecular weight excluding hydrogens is 753 g/mol. The van der Waals surface area contributed by atoms with Crippen LogP contribution in [0.3, 0.4) is 0 Å². The summed E-state index contributed by atoms with van der Waals surface area (Å²) in [5.74, 6) is 0.669. The van der Waals surface area contributed by atoms with Crippen molar-refractivity contribution in [2.45, 2.75) is 53.4 Å². The van der Waals surface area contributed by atoms with E-state index in [1.54, 1.807) is 0 Å². The van der Waals surface area contributed by atoms with Gasteiger partial charge >= 0.3 is 0 Å². The van der Waals surface area contributed by atoms with Crippen molar-refractivity contribution in [3.8, 4) is 22.5 Å². The quantitative estimate of drug-likeness (QED) is 0.157. The first-order chi connectivity index (χ1) is 22.2. The molecule has 0 atom stereocenters. The number of hydrogen-bond donors (Lipinski definition) is 0. The first-order valence-electron chi connectivity index (χ1n) is 16.0. The molecule has 3 nitrogen and oxygen atoms in total. The van der Waals surface area contributed by atoms with Gasteiger partial charge in [0.1, 0.15) is 5.58 Å². The average Bonchev–Trinajstić information content (AvgIpc) is 3.45. The van der Waals surface area contributed by atoms with Crippen molar-refractivity contribution in [2.24, 2.45) is 5.92 Å². The molecule has 0 fully saturated rings. The Hall–Kier alpha value is -4.37. The zero-order valence-electron chi connectivity index (χ0n) is 27.9. The van der Waals surface area contributed by atoms with Gasteiger partial charge in [-0.05, 0) is 59.5 Å². The summed E-state index contributed by atoms with van der Waals surface area (Å²) < 4.78 is 5.93. The third-order valence-corrected chi connectivity index (χ3v) is 8.65. The maximum Gasteiger partial charge on any atom is 0.120 e. The maximum atomic E-state index is 5.93. The number of nitrogens with zero attached hydrogens (tertiary/aromatic N) is 2. The number of hydrogen-bond acceptors (Lipinski definition) is 3. The molecule has 0 saturated carbocycles. The van der Waals surface area contributed by atoms with E-state index in [9.17, 15) is 0 Å². The van der Waals surface area contributed by atoms with E-state index in [0.29, 0.717) is 5.92 Å². The van der Waals surface area contributed by atoms with Crippen LogP contribution in [0.15, 0.2) is 120 Å². The molecule has 1 radical (unpaired) electrons. The molecule has 3 aromatic heterocycles. The van der Waals surface area contributed by atoms with Crippen LogP contribution in [0.1, 0.15) is 55.5 Å². The topological polar surface area (TPSA) is 38.9 Å². The molecule has 0 saturated heterocycles. The van der Waals surface area contributed by atoms with Crippen LogP contribution in [-0.4, -0.2) is 9.97 Å². The van der Waals surface area contributed by atoms with Crippen molar-refractivity contribution in [1.82, 2.24) is 9.97 Å². The third kappa shape index (κ3) is 7.62. The molecule has 0 spiro atoms. The van der Waals surface area contributed by atoms with Crippen LogP contribution in [0.2, 0.25) is 0 Å². The molecule has 0 aliphatic carbocycles. The predicted octanol–water partition coefficient (Wildman–Crippen LogP) is 11.1. The first kappa shape index (κ1) is 34.0. The summed E-state index contributed by atoms with van der Waals surface area (Å²) in [5.41, 5.74) is 12.0.